The number of aryl methyl sites for hydroxylation is 1. The number of benzene rings is 3. The molecule has 0 bridgehead atoms. The van der Waals surface area contributed by atoms with Crippen LogP contribution in [0.2, 0.25) is 0 Å². The number of imidazole rings is 1. The number of hydrogen-bond donors (Lipinski definition) is 1. The Labute approximate surface area is 250 Å². The van der Waals surface area contributed by atoms with Gasteiger partial charge < -0.3 is 14.4 Å². The van der Waals surface area contributed by atoms with E-state index < -0.39 is 35.1 Å². The Balaban J connectivity index is 1.30. The smallest absolute Gasteiger partial charge is 0.335 e. The zero-order valence-corrected chi connectivity index (χ0v) is 24.0. The second-order valence-corrected chi connectivity index (χ2v) is 11.3. The van der Waals surface area contributed by atoms with Crippen LogP contribution in [0.3, 0.4) is 0 Å². The number of ether oxygens (including phenoxy) is 1. The standard InChI is InChI=1S/C33H28F4N4O3/c1-3-33(8-9-33)17-41-28-12-19(32(42)43)6-7-27(28)39-29(41)13-21-11-25(36)22(14-24(21)35)30-38-15-26(37)31(40-30)44-16-20-5-4-18(2)10-23(20)34/h4-7,10-12,14-15H,3,8-9,13,16-17H2,1-2H3,(H,42,43). The number of carboxylic acids is 1. The van der Waals surface area contributed by atoms with Gasteiger partial charge in [0.1, 0.15) is 29.9 Å². The highest BCUT2D eigenvalue weighted by atomic mass is 19.1. The van der Waals surface area contributed by atoms with E-state index in [2.05, 4.69) is 21.9 Å². The maximum Gasteiger partial charge on any atom is 0.335 e. The molecular weight excluding hydrogens is 576 g/mol. The number of carbonyl (C=O) groups is 1. The summed E-state index contributed by atoms with van der Waals surface area (Å²) < 4.78 is 66.9. The van der Waals surface area contributed by atoms with Crippen LogP contribution in [0.25, 0.3) is 22.4 Å². The molecule has 1 aliphatic rings. The van der Waals surface area contributed by atoms with Crippen LogP contribution in [0.5, 0.6) is 5.88 Å². The van der Waals surface area contributed by atoms with Crippen molar-refractivity contribution in [1.82, 2.24) is 19.5 Å². The number of rotatable bonds is 10. The summed E-state index contributed by atoms with van der Waals surface area (Å²) in [6.07, 6.45) is 3.68. The van der Waals surface area contributed by atoms with Crippen LogP contribution in [0.15, 0.2) is 54.7 Å². The molecule has 1 saturated carbocycles. The Morgan fingerprint density at radius 3 is 2.43 bits per heavy atom. The number of aromatic carboxylic acids is 1. The first-order valence-corrected chi connectivity index (χ1v) is 14.2. The molecular formula is C33H28F4N4O3. The summed E-state index contributed by atoms with van der Waals surface area (Å²) >= 11 is 0. The maximum atomic E-state index is 15.5. The molecule has 5 aromatic rings. The van der Waals surface area contributed by atoms with Crippen LogP contribution >= 0.6 is 0 Å². The highest BCUT2D eigenvalue weighted by molar-refractivity contribution is 5.92. The number of fused-ring (bicyclic) bond motifs is 1. The molecule has 0 spiro atoms. The van der Waals surface area contributed by atoms with Crippen molar-refractivity contribution in [2.75, 3.05) is 0 Å². The Bertz CT molecular complexity index is 1920. The van der Waals surface area contributed by atoms with Crippen molar-refractivity contribution in [1.29, 1.82) is 0 Å². The highest BCUT2D eigenvalue weighted by Gasteiger charge is 2.41. The number of halogens is 4. The lowest BCUT2D eigenvalue weighted by molar-refractivity contribution is 0.0697. The zero-order valence-electron chi connectivity index (χ0n) is 24.0. The lowest BCUT2D eigenvalue weighted by atomic mass is 10.0. The largest absolute Gasteiger partial charge is 0.478 e. The highest BCUT2D eigenvalue weighted by Crippen LogP contribution is 2.50. The molecule has 0 saturated heterocycles. The van der Waals surface area contributed by atoms with Crippen molar-refractivity contribution in [2.45, 2.75) is 52.7 Å². The molecule has 44 heavy (non-hydrogen) atoms. The second-order valence-electron chi connectivity index (χ2n) is 11.3. The minimum absolute atomic E-state index is 0.0241. The maximum absolute atomic E-state index is 15.5. The van der Waals surface area contributed by atoms with Crippen molar-refractivity contribution in [3.63, 3.8) is 0 Å². The first-order valence-electron chi connectivity index (χ1n) is 14.2. The molecule has 0 radical (unpaired) electrons. The van der Waals surface area contributed by atoms with E-state index in [1.807, 2.05) is 4.57 Å². The fourth-order valence-electron chi connectivity index (χ4n) is 5.32. The number of carboxylic acid groups (broad SMARTS) is 1. The number of aromatic nitrogens is 4. The molecule has 0 amide bonds. The first kappa shape index (κ1) is 29.3. The first-order chi connectivity index (χ1) is 21.1. The molecule has 0 unspecified atom stereocenters. The topological polar surface area (TPSA) is 90.1 Å². The fourth-order valence-corrected chi connectivity index (χ4v) is 5.32. The monoisotopic (exact) mass is 604 g/mol. The summed E-state index contributed by atoms with van der Waals surface area (Å²) in [6.45, 7) is 4.07. The molecule has 7 nitrogen and oxygen atoms in total. The summed E-state index contributed by atoms with van der Waals surface area (Å²) in [7, 11) is 0. The van der Waals surface area contributed by atoms with Gasteiger partial charge in [-0.05, 0) is 79.1 Å². The summed E-state index contributed by atoms with van der Waals surface area (Å²) in [4.78, 5) is 24.0. The van der Waals surface area contributed by atoms with Gasteiger partial charge in [0.05, 0.1) is 28.4 Å². The van der Waals surface area contributed by atoms with Crippen LogP contribution in [0.1, 0.15) is 59.1 Å². The lowest BCUT2D eigenvalue weighted by Crippen LogP contribution is -2.14. The minimum atomic E-state index is -1.07. The van der Waals surface area contributed by atoms with E-state index in [0.717, 1.165) is 37.6 Å². The van der Waals surface area contributed by atoms with E-state index in [0.29, 0.717) is 29.0 Å². The van der Waals surface area contributed by atoms with Crippen molar-refractivity contribution in [3.8, 4) is 17.3 Å². The fraction of sp³-hybridized carbons (Fsp3) is 0.273. The molecule has 226 valence electrons. The van der Waals surface area contributed by atoms with Gasteiger partial charge in [-0.1, -0.05) is 19.1 Å². The summed E-state index contributed by atoms with van der Waals surface area (Å²) in [5, 5.41) is 9.51. The molecule has 1 aliphatic carbocycles. The van der Waals surface area contributed by atoms with E-state index >= 15 is 8.78 Å². The van der Waals surface area contributed by atoms with Gasteiger partial charge in [0.25, 0.3) is 5.88 Å². The predicted molar refractivity (Wildman–Crippen MR) is 154 cm³/mol. The molecule has 0 aliphatic heterocycles. The molecule has 2 heterocycles. The summed E-state index contributed by atoms with van der Waals surface area (Å²) in [5.41, 5.74) is 1.95. The predicted octanol–water partition coefficient (Wildman–Crippen LogP) is 7.42. The van der Waals surface area contributed by atoms with Gasteiger partial charge in [0, 0.05) is 18.5 Å². The molecule has 6 rings (SSSR count). The Hall–Kier alpha value is -4.80. The van der Waals surface area contributed by atoms with E-state index in [4.69, 9.17) is 4.74 Å². The minimum Gasteiger partial charge on any atom is -0.478 e. The van der Waals surface area contributed by atoms with E-state index in [1.54, 1.807) is 25.1 Å². The third kappa shape index (κ3) is 5.73. The summed E-state index contributed by atoms with van der Waals surface area (Å²) in [5.74, 6) is -4.48. The van der Waals surface area contributed by atoms with Gasteiger partial charge in [-0.3, -0.25) is 0 Å². The number of hydrogen-bond acceptors (Lipinski definition) is 5. The number of nitrogens with zero attached hydrogens (tertiary/aromatic N) is 4. The second kappa shape index (κ2) is 11.4. The average molecular weight is 605 g/mol. The van der Waals surface area contributed by atoms with Crippen molar-refractivity contribution in [3.05, 3.63) is 106 Å². The van der Waals surface area contributed by atoms with Gasteiger partial charge in [0.2, 0.25) is 5.82 Å². The van der Waals surface area contributed by atoms with Crippen LogP contribution in [0.4, 0.5) is 17.6 Å². The van der Waals surface area contributed by atoms with Gasteiger partial charge in [-0.2, -0.15) is 9.37 Å². The zero-order chi connectivity index (χ0) is 31.2. The van der Waals surface area contributed by atoms with E-state index in [9.17, 15) is 18.7 Å². The molecule has 0 atom stereocenters. The SMILES string of the molecule is CCC1(Cn2c(Cc3cc(F)c(-c4ncc(F)c(OCc5ccc(C)cc5F)n4)cc3F)nc3ccc(C(=O)O)cc32)CC1. The normalized spacial score (nSPS) is 13.8. The van der Waals surface area contributed by atoms with Crippen molar-refractivity contribution < 1.29 is 32.2 Å². The Morgan fingerprint density at radius 2 is 1.73 bits per heavy atom. The molecule has 3 aromatic carbocycles. The summed E-state index contributed by atoms with van der Waals surface area (Å²) in [6, 6.07) is 11.1. The Kier molecular flexibility index (Phi) is 7.56. The van der Waals surface area contributed by atoms with Crippen LogP contribution in [-0.2, 0) is 19.6 Å². The van der Waals surface area contributed by atoms with Crippen molar-refractivity contribution >= 4 is 17.0 Å². The third-order valence-electron chi connectivity index (χ3n) is 8.29. The Morgan fingerprint density at radius 1 is 0.955 bits per heavy atom. The van der Waals surface area contributed by atoms with Crippen LogP contribution in [-0.4, -0.2) is 30.6 Å². The van der Waals surface area contributed by atoms with Crippen LogP contribution in [0, 0.1) is 35.6 Å². The van der Waals surface area contributed by atoms with Gasteiger partial charge in [-0.15, -0.1) is 0 Å². The van der Waals surface area contributed by atoms with Gasteiger partial charge in [-0.25, -0.2) is 27.9 Å². The van der Waals surface area contributed by atoms with E-state index in [1.165, 1.54) is 18.2 Å². The molecule has 1 N–H and O–H groups in total. The van der Waals surface area contributed by atoms with Gasteiger partial charge in [0.15, 0.2) is 5.82 Å². The third-order valence-corrected chi connectivity index (χ3v) is 8.29. The van der Waals surface area contributed by atoms with Crippen LogP contribution < -0.4 is 4.74 Å². The quantitative estimate of drug-likeness (QED) is 0.167. The van der Waals surface area contributed by atoms with E-state index in [-0.39, 0.29) is 46.5 Å². The van der Waals surface area contributed by atoms with Crippen molar-refractivity contribution in [2.24, 2.45) is 5.41 Å². The lowest BCUT2D eigenvalue weighted by Gasteiger charge is -2.17. The molecule has 2 aromatic heterocycles. The molecule has 1 fully saturated rings. The van der Waals surface area contributed by atoms with Gasteiger partial charge >= 0.3 is 5.97 Å². The average Bonchev–Trinajstić information content (AvgIpc) is 3.70. The molecule has 11 heteroatoms.